The second kappa shape index (κ2) is 12.2. The molecule has 194 valence electrons. The third kappa shape index (κ3) is 7.83. The fourth-order valence-corrected chi connectivity index (χ4v) is 3.09. The van der Waals surface area contributed by atoms with Crippen molar-refractivity contribution in [3.05, 3.63) is 48.0 Å². The standard InChI is InChI=1S/C20H22N4O5.C2HF3O2/c25-19(23-26)14-4-5-18-17(12-14)22-20(29-18)21-15-2-1-3-16(13-15)28-11-8-24-6-9-27-10-7-24;3-2(4,5)1(6)7/h1-5,12-13,26H,6-11H2,(H,21,22)(H,23,25);(H,6,7). The number of carbonyl (C=O) groups is 2. The predicted molar refractivity (Wildman–Crippen MR) is 119 cm³/mol. The molecule has 0 radical (unpaired) electrons. The Morgan fingerprint density at radius 1 is 1.14 bits per heavy atom. The van der Waals surface area contributed by atoms with Crippen molar-refractivity contribution in [1.82, 2.24) is 15.4 Å². The van der Waals surface area contributed by atoms with Crippen LogP contribution in [0.25, 0.3) is 11.1 Å². The van der Waals surface area contributed by atoms with E-state index >= 15 is 0 Å². The molecule has 0 atom stereocenters. The first-order valence-electron chi connectivity index (χ1n) is 10.6. The maximum atomic E-state index is 11.5. The molecule has 0 spiro atoms. The van der Waals surface area contributed by atoms with Crippen molar-refractivity contribution in [3.8, 4) is 5.75 Å². The summed E-state index contributed by atoms with van der Waals surface area (Å²) in [6.07, 6.45) is -5.08. The number of hydrogen-bond acceptors (Lipinski definition) is 9. The maximum absolute atomic E-state index is 11.5. The molecular formula is C22H23F3N4O7. The zero-order chi connectivity index (χ0) is 26.1. The van der Waals surface area contributed by atoms with E-state index in [0.717, 1.165) is 44.3 Å². The highest BCUT2D eigenvalue weighted by molar-refractivity contribution is 5.96. The summed E-state index contributed by atoms with van der Waals surface area (Å²) >= 11 is 0. The molecule has 2 heterocycles. The van der Waals surface area contributed by atoms with Gasteiger partial charge >= 0.3 is 12.1 Å². The number of carboxylic acid groups (broad SMARTS) is 1. The van der Waals surface area contributed by atoms with E-state index in [0.29, 0.717) is 23.7 Å². The molecular weight excluding hydrogens is 489 g/mol. The van der Waals surface area contributed by atoms with E-state index in [9.17, 15) is 18.0 Å². The van der Waals surface area contributed by atoms with Crippen molar-refractivity contribution < 1.29 is 47.0 Å². The van der Waals surface area contributed by atoms with E-state index in [-0.39, 0.29) is 5.56 Å². The van der Waals surface area contributed by atoms with Gasteiger partial charge in [-0.3, -0.25) is 14.9 Å². The number of amides is 1. The molecule has 2 aromatic carbocycles. The van der Waals surface area contributed by atoms with E-state index in [2.05, 4.69) is 15.2 Å². The third-order valence-electron chi connectivity index (χ3n) is 4.86. The topological polar surface area (TPSA) is 146 Å². The summed E-state index contributed by atoms with van der Waals surface area (Å²) in [5.41, 5.74) is 3.69. The molecule has 0 aliphatic carbocycles. The summed E-state index contributed by atoms with van der Waals surface area (Å²) in [5.74, 6) is -2.61. The highest BCUT2D eigenvalue weighted by atomic mass is 19.4. The Morgan fingerprint density at radius 2 is 1.86 bits per heavy atom. The summed E-state index contributed by atoms with van der Waals surface area (Å²) < 4.78 is 48.6. The van der Waals surface area contributed by atoms with Crippen LogP contribution in [0.2, 0.25) is 0 Å². The Morgan fingerprint density at radius 3 is 2.53 bits per heavy atom. The number of benzene rings is 2. The van der Waals surface area contributed by atoms with Crippen molar-refractivity contribution in [3.63, 3.8) is 0 Å². The van der Waals surface area contributed by atoms with E-state index in [1.165, 1.54) is 0 Å². The number of nitrogens with one attached hydrogen (secondary N) is 2. The highest BCUT2D eigenvalue weighted by Gasteiger charge is 2.38. The lowest BCUT2D eigenvalue weighted by Gasteiger charge is -2.26. The minimum absolute atomic E-state index is 0.288. The monoisotopic (exact) mass is 512 g/mol. The zero-order valence-corrected chi connectivity index (χ0v) is 18.7. The number of aromatic nitrogens is 1. The minimum Gasteiger partial charge on any atom is -0.492 e. The lowest BCUT2D eigenvalue weighted by molar-refractivity contribution is -0.192. The van der Waals surface area contributed by atoms with Crippen LogP contribution in [0, 0.1) is 0 Å². The molecule has 14 heteroatoms. The molecule has 36 heavy (non-hydrogen) atoms. The molecule has 1 fully saturated rings. The average Bonchev–Trinajstić information content (AvgIpc) is 3.25. The van der Waals surface area contributed by atoms with Crippen molar-refractivity contribution >= 4 is 34.7 Å². The van der Waals surface area contributed by atoms with Crippen LogP contribution in [0.1, 0.15) is 10.4 Å². The van der Waals surface area contributed by atoms with Gasteiger partial charge in [-0.1, -0.05) is 6.07 Å². The van der Waals surface area contributed by atoms with Crippen molar-refractivity contribution in [2.45, 2.75) is 6.18 Å². The Balaban J connectivity index is 0.000000454. The SMILES string of the molecule is O=C(NO)c1ccc2oc(Nc3cccc(OCCN4CCOCC4)c3)nc2c1.O=C(O)C(F)(F)F. The van der Waals surface area contributed by atoms with Gasteiger partial charge in [0.2, 0.25) is 0 Å². The number of nitrogens with zero attached hydrogens (tertiary/aromatic N) is 2. The molecule has 0 saturated carbocycles. The van der Waals surface area contributed by atoms with Gasteiger partial charge in [0, 0.05) is 37.0 Å². The number of anilines is 2. The van der Waals surface area contributed by atoms with Gasteiger partial charge in [0.15, 0.2) is 5.58 Å². The van der Waals surface area contributed by atoms with E-state index in [4.69, 9.17) is 29.0 Å². The number of aliphatic carboxylic acids is 1. The molecule has 1 saturated heterocycles. The number of halogens is 3. The fraction of sp³-hybridized carbons (Fsp3) is 0.318. The summed E-state index contributed by atoms with van der Waals surface area (Å²) in [4.78, 5) is 27.1. The number of carbonyl (C=O) groups excluding carboxylic acids is 1. The van der Waals surface area contributed by atoms with Crippen molar-refractivity contribution in [1.29, 1.82) is 0 Å². The number of oxazole rings is 1. The first-order chi connectivity index (χ1) is 17.2. The number of alkyl halides is 3. The second-order valence-corrected chi connectivity index (χ2v) is 7.40. The van der Waals surface area contributed by atoms with Crippen LogP contribution in [-0.2, 0) is 9.53 Å². The maximum Gasteiger partial charge on any atom is 0.490 e. The normalized spacial score (nSPS) is 14.0. The number of hydroxylamine groups is 1. The largest absolute Gasteiger partial charge is 0.492 e. The number of morpholine rings is 1. The average molecular weight is 512 g/mol. The first kappa shape index (κ1) is 26.7. The Labute approximate surface area is 202 Å². The predicted octanol–water partition coefficient (Wildman–Crippen LogP) is 3.03. The van der Waals surface area contributed by atoms with Crippen LogP contribution in [0.3, 0.4) is 0 Å². The zero-order valence-electron chi connectivity index (χ0n) is 18.7. The summed E-state index contributed by atoms with van der Waals surface area (Å²) in [7, 11) is 0. The smallest absolute Gasteiger partial charge is 0.490 e. The Hall–Kier alpha value is -3.88. The second-order valence-electron chi connectivity index (χ2n) is 7.40. The number of fused-ring (bicyclic) bond motifs is 1. The summed E-state index contributed by atoms with van der Waals surface area (Å²) in [6, 6.07) is 12.6. The molecule has 1 aromatic heterocycles. The lowest BCUT2D eigenvalue weighted by atomic mass is 10.2. The molecule has 4 N–H and O–H groups in total. The number of hydrogen-bond donors (Lipinski definition) is 4. The van der Waals surface area contributed by atoms with Gasteiger partial charge < -0.3 is 24.3 Å². The van der Waals surface area contributed by atoms with Gasteiger partial charge in [-0.15, -0.1) is 0 Å². The number of carboxylic acids is 1. The van der Waals surface area contributed by atoms with Crippen LogP contribution in [-0.4, -0.2) is 77.7 Å². The summed E-state index contributed by atoms with van der Waals surface area (Å²) in [5, 5.41) is 19.0. The highest BCUT2D eigenvalue weighted by Crippen LogP contribution is 2.25. The molecule has 1 amide bonds. The number of ether oxygens (including phenoxy) is 2. The van der Waals surface area contributed by atoms with Crippen molar-refractivity contribution in [2.24, 2.45) is 0 Å². The van der Waals surface area contributed by atoms with Gasteiger partial charge in [-0.2, -0.15) is 18.2 Å². The van der Waals surface area contributed by atoms with Crippen LogP contribution in [0.15, 0.2) is 46.9 Å². The van der Waals surface area contributed by atoms with E-state index in [1.54, 1.807) is 23.7 Å². The lowest BCUT2D eigenvalue weighted by Crippen LogP contribution is -2.38. The van der Waals surface area contributed by atoms with Crippen LogP contribution in [0.4, 0.5) is 24.9 Å². The quantitative estimate of drug-likeness (QED) is 0.275. The Kier molecular flexibility index (Phi) is 9.05. The summed E-state index contributed by atoms with van der Waals surface area (Å²) in [6.45, 7) is 4.87. The minimum atomic E-state index is -5.08. The molecule has 1 aliphatic rings. The van der Waals surface area contributed by atoms with Crippen molar-refractivity contribution in [2.75, 3.05) is 44.8 Å². The van der Waals surface area contributed by atoms with Crippen LogP contribution >= 0.6 is 0 Å². The Bertz CT molecular complexity index is 1180. The van der Waals surface area contributed by atoms with E-state index < -0.39 is 18.1 Å². The van der Waals surface area contributed by atoms with Gasteiger partial charge in [0.1, 0.15) is 17.9 Å². The van der Waals surface area contributed by atoms with Gasteiger partial charge in [-0.05, 0) is 30.3 Å². The van der Waals surface area contributed by atoms with Crippen LogP contribution < -0.4 is 15.5 Å². The first-order valence-corrected chi connectivity index (χ1v) is 10.6. The van der Waals surface area contributed by atoms with Crippen LogP contribution in [0.5, 0.6) is 5.75 Å². The van der Waals surface area contributed by atoms with Gasteiger partial charge in [-0.25, -0.2) is 10.3 Å². The van der Waals surface area contributed by atoms with Gasteiger partial charge in [0.25, 0.3) is 11.9 Å². The molecule has 0 unspecified atom stereocenters. The fourth-order valence-electron chi connectivity index (χ4n) is 3.09. The van der Waals surface area contributed by atoms with Gasteiger partial charge in [0.05, 0.1) is 13.2 Å². The molecule has 4 rings (SSSR count). The molecule has 3 aromatic rings. The molecule has 11 nitrogen and oxygen atoms in total. The third-order valence-corrected chi connectivity index (χ3v) is 4.86. The number of rotatable bonds is 7. The van der Waals surface area contributed by atoms with E-state index in [1.807, 2.05) is 24.3 Å². The molecule has 1 aliphatic heterocycles. The molecule has 0 bridgehead atoms.